The molecule has 5 heteroatoms. The average molecular weight is 278 g/mol. The summed E-state index contributed by atoms with van der Waals surface area (Å²) in [5.41, 5.74) is 0.330. The number of nitrogens with one attached hydrogen (secondary N) is 1. The van der Waals surface area contributed by atoms with Crippen molar-refractivity contribution in [1.29, 1.82) is 0 Å². The van der Waals surface area contributed by atoms with E-state index in [1.165, 1.54) is 50.1 Å². The van der Waals surface area contributed by atoms with Gasteiger partial charge in [-0.2, -0.15) is 4.37 Å². The summed E-state index contributed by atoms with van der Waals surface area (Å²) in [6.07, 6.45) is 9.36. The SMILES string of the molecule is C1CCC2(CC1)CNCCN2c1nc(C2CC2)ns1. The first-order valence-electron chi connectivity index (χ1n) is 7.69. The first kappa shape index (κ1) is 12.1. The second kappa shape index (κ2) is 4.70. The van der Waals surface area contributed by atoms with Crippen LogP contribution in [0.5, 0.6) is 0 Å². The third-order valence-electron chi connectivity index (χ3n) is 4.93. The second-order valence-corrected chi connectivity index (χ2v) is 7.05. The van der Waals surface area contributed by atoms with E-state index in [2.05, 4.69) is 14.6 Å². The molecular weight excluding hydrogens is 256 g/mol. The van der Waals surface area contributed by atoms with Gasteiger partial charge in [-0.3, -0.25) is 0 Å². The van der Waals surface area contributed by atoms with Gasteiger partial charge in [-0.05, 0) is 25.7 Å². The maximum absolute atomic E-state index is 4.85. The Bertz CT molecular complexity index is 440. The molecule has 0 aromatic carbocycles. The van der Waals surface area contributed by atoms with Crippen LogP contribution in [-0.2, 0) is 0 Å². The smallest absolute Gasteiger partial charge is 0.205 e. The molecule has 1 N–H and O–H groups in total. The van der Waals surface area contributed by atoms with Gasteiger partial charge >= 0.3 is 0 Å². The number of aromatic nitrogens is 2. The van der Waals surface area contributed by atoms with Crippen LogP contribution in [0.3, 0.4) is 0 Å². The fourth-order valence-electron chi connectivity index (χ4n) is 3.64. The summed E-state index contributed by atoms with van der Waals surface area (Å²) in [6.45, 7) is 3.31. The normalized spacial score (nSPS) is 26.8. The van der Waals surface area contributed by atoms with Gasteiger partial charge in [-0.15, -0.1) is 0 Å². The predicted molar refractivity (Wildman–Crippen MR) is 77.9 cm³/mol. The lowest BCUT2D eigenvalue weighted by Crippen LogP contribution is -2.62. The Morgan fingerprint density at radius 3 is 2.84 bits per heavy atom. The van der Waals surface area contributed by atoms with Crippen molar-refractivity contribution < 1.29 is 0 Å². The van der Waals surface area contributed by atoms with Gasteiger partial charge in [0.2, 0.25) is 5.13 Å². The van der Waals surface area contributed by atoms with Gasteiger partial charge < -0.3 is 10.2 Å². The van der Waals surface area contributed by atoms with E-state index in [1.54, 1.807) is 11.5 Å². The summed E-state index contributed by atoms with van der Waals surface area (Å²) in [5.74, 6) is 1.79. The fraction of sp³-hybridized carbons (Fsp3) is 0.857. The fourth-order valence-corrected chi connectivity index (χ4v) is 4.53. The molecule has 0 bridgehead atoms. The largest absolute Gasteiger partial charge is 0.339 e. The third-order valence-corrected chi connectivity index (χ3v) is 5.68. The molecule has 4 nitrogen and oxygen atoms in total. The van der Waals surface area contributed by atoms with Crippen LogP contribution in [0.1, 0.15) is 56.7 Å². The zero-order valence-corrected chi connectivity index (χ0v) is 12.2. The van der Waals surface area contributed by atoms with Crippen LogP contribution in [0.25, 0.3) is 0 Å². The van der Waals surface area contributed by atoms with Crippen LogP contribution in [0.4, 0.5) is 5.13 Å². The Hall–Kier alpha value is -0.680. The molecule has 1 aliphatic heterocycles. The molecule has 0 radical (unpaired) electrons. The molecule has 104 valence electrons. The number of anilines is 1. The van der Waals surface area contributed by atoms with Gasteiger partial charge in [0.25, 0.3) is 0 Å². The molecule has 2 saturated carbocycles. The van der Waals surface area contributed by atoms with E-state index in [1.807, 2.05) is 0 Å². The van der Waals surface area contributed by atoms with Crippen molar-refractivity contribution in [3.63, 3.8) is 0 Å². The third kappa shape index (κ3) is 2.17. The monoisotopic (exact) mass is 278 g/mol. The summed E-state index contributed by atoms with van der Waals surface area (Å²) < 4.78 is 4.60. The van der Waals surface area contributed by atoms with E-state index in [0.717, 1.165) is 25.5 Å². The van der Waals surface area contributed by atoms with Crippen molar-refractivity contribution >= 4 is 16.7 Å². The van der Waals surface area contributed by atoms with E-state index in [0.29, 0.717) is 11.5 Å². The molecule has 3 fully saturated rings. The zero-order chi connectivity index (χ0) is 12.7. The van der Waals surface area contributed by atoms with E-state index in [4.69, 9.17) is 4.98 Å². The molecule has 1 aromatic heterocycles. The van der Waals surface area contributed by atoms with Crippen molar-refractivity contribution in [2.24, 2.45) is 0 Å². The maximum Gasteiger partial charge on any atom is 0.205 e. The van der Waals surface area contributed by atoms with Crippen molar-refractivity contribution in [3.05, 3.63) is 5.82 Å². The lowest BCUT2D eigenvalue weighted by atomic mass is 9.79. The van der Waals surface area contributed by atoms with E-state index < -0.39 is 0 Å². The van der Waals surface area contributed by atoms with Crippen LogP contribution >= 0.6 is 11.5 Å². The summed E-state index contributed by atoms with van der Waals surface area (Å²) >= 11 is 1.63. The Morgan fingerprint density at radius 2 is 2.05 bits per heavy atom. The topological polar surface area (TPSA) is 41.0 Å². The quantitative estimate of drug-likeness (QED) is 0.902. The minimum absolute atomic E-state index is 0.330. The van der Waals surface area contributed by atoms with Gasteiger partial charge in [0.05, 0.1) is 5.54 Å². The Kier molecular flexibility index (Phi) is 2.99. The van der Waals surface area contributed by atoms with Crippen LogP contribution in [0, 0.1) is 0 Å². The molecule has 2 aliphatic carbocycles. The number of hydrogen-bond acceptors (Lipinski definition) is 5. The Morgan fingerprint density at radius 1 is 1.21 bits per heavy atom. The molecule has 0 atom stereocenters. The highest BCUT2D eigenvalue weighted by atomic mass is 32.1. The molecule has 1 aromatic rings. The van der Waals surface area contributed by atoms with Gasteiger partial charge in [0.15, 0.2) is 0 Å². The first-order chi connectivity index (χ1) is 9.37. The Balaban J connectivity index is 1.61. The van der Waals surface area contributed by atoms with Gasteiger partial charge in [-0.25, -0.2) is 4.98 Å². The summed E-state index contributed by atoms with van der Waals surface area (Å²) in [5, 5.41) is 4.79. The minimum atomic E-state index is 0.330. The molecular formula is C14H22N4S. The van der Waals surface area contributed by atoms with E-state index in [9.17, 15) is 0 Å². The maximum atomic E-state index is 4.85. The lowest BCUT2D eigenvalue weighted by Gasteiger charge is -2.49. The molecule has 4 rings (SSSR count). The van der Waals surface area contributed by atoms with Gasteiger partial charge in [-0.1, -0.05) is 19.3 Å². The number of hydrogen-bond donors (Lipinski definition) is 1. The van der Waals surface area contributed by atoms with Crippen LogP contribution in [0.2, 0.25) is 0 Å². The molecule has 19 heavy (non-hydrogen) atoms. The Labute approximate surface area is 118 Å². The van der Waals surface area contributed by atoms with Crippen molar-refractivity contribution in [1.82, 2.24) is 14.7 Å². The van der Waals surface area contributed by atoms with Gasteiger partial charge in [0.1, 0.15) is 5.82 Å². The van der Waals surface area contributed by atoms with Crippen molar-refractivity contribution in [3.8, 4) is 0 Å². The summed E-state index contributed by atoms with van der Waals surface area (Å²) in [4.78, 5) is 7.44. The highest BCUT2D eigenvalue weighted by molar-refractivity contribution is 7.09. The average Bonchev–Trinajstić information content (AvgIpc) is 3.19. The first-order valence-corrected chi connectivity index (χ1v) is 8.47. The molecule has 0 unspecified atom stereocenters. The number of piperazine rings is 1. The molecule has 2 heterocycles. The minimum Gasteiger partial charge on any atom is -0.339 e. The van der Waals surface area contributed by atoms with Crippen molar-refractivity contribution in [2.75, 3.05) is 24.5 Å². The second-order valence-electron chi connectivity index (χ2n) is 6.32. The van der Waals surface area contributed by atoms with Crippen LogP contribution < -0.4 is 10.2 Å². The number of nitrogens with zero attached hydrogens (tertiary/aromatic N) is 3. The summed E-state index contributed by atoms with van der Waals surface area (Å²) in [6, 6.07) is 0. The van der Waals surface area contributed by atoms with Crippen molar-refractivity contribution in [2.45, 2.75) is 56.4 Å². The van der Waals surface area contributed by atoms with Crippen LogP contribution in [0.15, 0.2) is 0 Å². The van der Waals surface area contributed by atoms with Gasteiger partial charge in [0, 0.05) is 37.1 Å². The number of rotatable bonds is 2. The zero-order valence-electron chi connectivity index (χ0n) is 11.4. The summed E-state index contributed by atoms with van der Waals surface area (Å²) in [7, 11) is 0. The predicted octanol–water partition coefficient (Wildman–Crippen LogP) is 2.53. The molecule has 3 aliphatic rings. The molecule has 1 spiro atoms. The highest BCUT2D eigenvalue weighted by Crippen LogP contribution is 2.42. The molecule has 1 saturated heterocycles. The highest BCUT2D eigenvalue weighted by Gasteiger charge is 2.41. The standard InChI is InChI=1S/C14H22N4S/c1-2-6-14(7-3-1)10-15-8-9-18(14)13-16-12(17-19-13)11-4-5-11/h11,15H,1-10H2. The van der Waals surface area contributed by atoms with E-state index in [-0.39, 0.29) is 0 Å². The van der Waals surface area contributed by atoms with E-state index >= 15 is 0 Å². The molecule has 0 amide bonds. The van der Waals surface area contributed by atoms with Crippen LogP contribution in [-0.4, -0.2) is 34.5 Å². The lowest BCUT2D eigenvalue weighted by molar-refractivity contribution is 0.241.